The molecule has 0 aliphatic carbocycles. The lowest BCUT2D eigenvalue weighted by Crippen LogP contribution is -2.18. The number of aromatic nitrogens is 2. The zero-order chi connectivity index (χ0) is 21.1. The maximum Gasteiger partial charge on any atom is 0.306 e. The molecule has 6 nitrogen and oxygen atoms in total. The highest BCUT2D eigenvalue weighted by Crippen LogP contribution is 2.30. The van der Waals surface area contributed by atoms with Gasteiger partial charge in [0.05, 0.1) is 13.5 Å². The number of methoxy groups -OCH3 is 1. The van der Waals surface area contributed by atoms with E-state index >= 15 is 0 Å². The molecule has 1 heterocycles. The van der Waals surface area contributed by atoms with E-state index in [2.05, 4.69) is 10.2 Å². The molecular formula is C20H17F3N2O4. The summed E-state index contributed by atoms with van der Waals surface area (Å²) in [5.74, 6) is -4.87. The van der Waals surface area contributed by atoms with Gasteiger partial charge in [-0.05, 0) is 29.3 Å². The molecular weight excluding hydrogens is 389 g/mol. The Kier molecular flexibility index (Phi) is 5.76. The Bertz CT molecular complexity index is 1090. The molecule has 3 aromatic rings. The van der Waals surface area contributed by atoms with Crippen molar-refractivity contribution in [1.82, 2.24) is 10.2 Å². The van der Waals surface area contributed by atoms with Crippen LogP contribution in [-0.2, 0) is 16.0 Å². The van der Waals surface area contributed by atoms with Gasteiger partial charge in [0.25, 0.3) is 5.56 Å². The quantitative estimate of drug-likeness (QED) is 0.433. The minimum atomic E-state index is -1.32. The van der Waals surface area contributed by atoms with E-state index < -0.39 is 34.9 Å². The van der Waals surface area contributed by atoms with Crippen molar-refractivity contribution in [2.75, 3.05) is 7.11 Å². The molecule has 1 unspecified atom stereocenters. The number of rotatable bonds is 6. The van der Waals surface area contributed by atoms with E-state index in [0.717, 1.165) is 6.07 Å². The molecule has 2 aromatic carbocycles. The summed E-state index contributed by atoms with van der Waals surface area (Å²) in [5.41, 5.74) is 0.158. The lowest BCUT2D eigenvalue weighted by molar-refractivity contribution is -0.140. The maximum absolute atomic E-state index is 14.1. The number of phenols is 1. The lowest BCUT2D eigenvalue weighted by atomic mass is 9.87. The number of esters is 1. The van der Waals surface area contributed by atoms with Gasteiger partial charge in [-0.1, -0.05) is 12.1 Å². The van der Waals surface area contributed by atoms with Crippen molar-refractivity contribution in [3.8, 4) is 5.75 Å². The van der Waals surface area contributed by atoms with E-state index in [1.54, 1.807) is 0 Å². The monoisotopic (exact) mass is 406 g/mol. The molecule has 1 aromatic heterocycles. The smallest absolute Gasteiger partial charge is 0.306 e. The standard InChI is InChI=1S/C20H17F3N2O4/c1-29-18(27)8-13(10-2-4-12(26)5-3-10)19-17(24-25-20(19)28)7-11-6-15(22)16(23)9-14(11)21/h2-6,9,13,26H,7-8H2,1H3,(H2,24,25,28). The predicted molar refractivity (Wildman–Crippen MR) is 97.1 cm³/mol. The second-order valence-electron chi connectivity index (χ2n) is 6.43. The van der Waals surface area contributed by atoms with Gasteiger partial charge in [-0.15, -0.1) is 0 Å². The SMILES string of the molecule is COC(=O)CC(c1ccc(O)cc1)c1c(Cc2cc(F)c(F)cc2F)[nH][nH]c1=O. The Morgan fingerprint density at radius 3 is 2.38 bits per heavy atom. The molecule has 152 valence electrons. The van der Waals surface area contributed by atoms with E-state index in [1.807, 2.05) is 0 Å². The van der Waals surface area contributed by atoms with Gasteiger partial charge in [-0.3, -0.25) is 14.7 Å². The summed E-state index contributed by atoms with van der Waals surface area (Å²) in [4.78, 5) is 24.4. The fourth-order valence-corrected chi connectivity index (χ4v) is 3.14. The summed E-state index contributed by atoms with van der Waals surface area (Å²) >= 11 is 0. The van der Waals surface area contributed by atoms with Crippen molar-refractivity contribution in [2.24, 2.45) is 0 Å². The van der Waals surface area contributed by atoms with Crippen molar-refractivity contribution in [1.29, 1.82) is 0 Å². The van der Waals surface area contributed by atoms with Gasteiger partial charge in [0, 0.05) is 29.7 Å². The van der Waals surface area contributed by atoms with Crippen LogP contribution in [0.3, 0.4) is 0 Å². The largest absolute Gasteiger partial charge is 0.508 e. The molecule has 0 saturated heterocycles. The van der Waals surface area contributed by atoms with Gasteiger partial charge in [0.2, 0.25) is 0 Å². The lowest BCUT2D eigenvalue weighted by Gasteiger charge is -2.16. The van der Waals surface area contributed by atoms with Crippen molar-refractivity contribution in [3.63, 3.8) is 0 Å². The number of carbonyl (C=O) groups is 1. The number of hydrogen-bond acceptors (Lipinski definition) is 4. The Hall–Kier alpha value is -3.49. The number of phenolic OH excluding ortho intramolecular Hbond substituents is 1. The predicted octanol–water partition coefficient (Wildman–Crippen LogP) is 3.11. The zero-order valence-corrected chi connectivity index (χ0v) is 15.3. The zero-order valence-electron chi connectivity index (χ0n) is 15.3. The molecule has 29 heavy (non-hydrogen) atoms. The fourth-order valence-electron chi connectivity index (χ4n) is 3.14. The summed E-state index contributed by atoms with van der Waals surface area (Å²) in [5, 5.41) is 14.5. The minimum Gasteiger partial charge on any atom is -0.508 e. The molecule has 0 amide bonds. The van der Waals surface area contributed by atoms with Crippen LogP contribution >= 0.6 is 0 Å². The summed E-state index contributed by atoms with van der Waals surface area (Å²) in [6.45, 7) is 0. The van der Waals surface area contributed by atoms with E-state index in [-0.39, 0.29) is 35.4 Å². The fraction of sp³-hybridized carbons (Fsp3) is 0.200. The van der Waals surface area contributed by atoms with Gasteiger partial charge >= 0.3 is 5.97 Å². The molecule has 0 saturated carbocycles. The van der Waals surface area contributed by atoms with E-state index in [4.69, 9.17) is 4.74 Å². The first-order valence-corrected chi connectivity index (χ1v) is 8.58. The average Bonchev–Trinajstić information content (AvgIpc) is 3.04. The van der Waals surface area contributed by atoms with E-state index in [1.165, 1.54) is 31.4 Å². The van der Waals surface area contributed by atoms with E-state index in [0.29, 0.717) is 11.6 Å². The maximum atomic E-state index is 14.1. The number of ether oxygens (including phenoxy) is 1. The Balaban J connectivity index is 2.06. The minimum absolute atomic E-state index is 0.00220. The third-order valence-electron chi connectivity index (χ3n) is 4.60. The van der Waals surface area contributed by atoms with Gasteiger partial charge in [0.1, 0.15) is 11.6 Å². The number of H-pyrrole nitrogens is 2. The van der Waals surface area contributed by atoms with Gasteiger partial charge in [-0.2, -0.15) is 0 Å². The van der Waals surface area contributed by atoms with Crippen molar-refractivity contribution >= 4 is 5.97 Å². The first kappa shape index (κ1) is 20.2. The van der Waals surface area contributed by atoms with Crippen LogP contribution in [0, 0.1) is 17.5 Å². The number of nitrogens with one attached hydrogen (secondary N) is 2. The highest BCUT2D eigenvalue weighted by Gasteiger charge is 2.26. The average molecular weight is 406 g/mol. The number of hydrogen-bond donors (Lipinski definition) is 3. The molecule has 1 atom stereocenters. The van der Waals surface area contributed by atoms with E-state index in [9.17, 15) is 27.9 Å². The van der Waals surface area contributed by atoms with Crippen molar-refractivity contribution in [2.45, 2.75) is 18.8 Å². The highest BCUT2D eigenvalue weighted by molar-refractivity contribution is 5.71. The van der Waals surface area contributed by atoms with Gasteiger partial charge < -0.3 is 14.9 Å². The number of aromatic amines is 2. The molecule has 0 radical (unpaired) electrons. The molecule has 0 spiro atoms. The molecule has 0 fully saturated rings. The van der Waals surface area contributed by atoms with Crippen LogP contribution in [0.4, 0.5) is 13.2 Å². The second-order valence-corrected chi connectivity index (χ2v) is 6.43. The number of halogens is 3. The molecule has 3 N–H and O–H groups in total. The third-order valence-corrected chi connectivity index (χ3v) is 4.60. The normalized spacial score (nSPS) is 12.0. The van der Waals surface area contributed by atoms with Crippen LogP contribution in [-0.4, -0.2) is 28.4 Å². The van der Waals surface area contributed by atoms with Crippen molar-refractivity contribution in [3.05, 3.63) is 86.6 Å². The summed E-state index contributed by atoms with van der Waals surface area (Å²) in [6.07, 6.45) is -0.442. The molecule has 0 aliphatic rings. The van der Waals surface area contributed by atoms with Crippen LogP contribution in [0.5, 0.6) is 5.75 Å². The first-order valence-electron chi connectivity index (χ1n) is 8.58. The van der Waals surface area contributed by atoms with Gasteiger partial charge in [0.15, 0.2) is 11.6 Å². The third kappa shape index (κ3) is 4.34. The molecule has 3 rings (SSSR count). The van der Waals surface area contributed by atoms with Gasteiger partial charge in [-0.25, -0.2) is 13.2 Å². The Labute approximate surface area is 162 Å². The van der Waals surface area contributed by atoms with Crippen LogP contribution in [0.1, 0.15) is 34.7 Å². The molecule has 0 aliphatic heterocycles. The second kappa shape index (κ2) is 8.26. The number of benzene rings is 2. The summed E-state index contributed by atoms with van der Waals surface area (Å²) in [7, 11) is 1.20. The first-order chi connectivity index (χ1) is 13.8. The topological polar surface area (TPSA) is 95.2 Å². The van der Waals surface area contributed by atoms with Crippen LogP contribution in [0.2, 0.25) is 0 Å². The highest BCUT2D eigenvalue weighted by atomic mass is 19.2. The number of carbonyl (C=O) groups excluding carboxylic acids is 1. The summed E-state index contributed by atoms with van der Waals surface area (Å²) < 4.78 is 45.5. The Morgan fingerprint density at radius 2 is 1.72 bits per heavy atom. The Morgan fingerprint density at radius 1 is 1.07 bits per heavy atom. The van der Waals surface area contributed by atoms with Crippen molar-refractivity contribution < 1.29 is 27.8 Å². The van der Waals surface area contributed by atoms with Crippen LogP contribution < -0.4 is 5.56 Å². The molecule has 0 bridgehead atoms. The summed E-state index contributed by atoms with van der Waals surface area (Å²) in [6, 6.07) is 7.02. The van der Waals surface area contributed by atoms with Crippen LogP contribution in [0.25, 0.3) is 0 Å². The number of aromatic hydroxyl groups is 1. The molecule has 9 heteroatoms. The van der Waals surface area contributed by atoms with Crippen LogP contribution in [0.15, 0.2) is 41.2 Å².